The molecule has 2 heterocycles. The largest absolute Gasteiger partial charge is 0.508 e. The number of allylic oxidation sites excluding steroid dienone is 1. The van der Waals surface area contributed by atoms with Crippen molar-refractivity contribution in [2.24, 2.45) is 11.8 Å². The van der Waals surface area contributed by atoms with E-state index >= 15 is 0 Å². The van der Waals surface area contributed by atoms with Crippen LogP contribution in [0.15, 0.2) is 70.3 Å². The smallest absolute Gasteiger partial charge is 0.329 e. The van der Waals surface area contributed by atoms with E-state index in [1.165, 1.54) is 15.0 Å². The van der Waals surface area contributed by atoms with Crippen LogP contribution >= 0.6 is 11.3 Å². The highest BCUT2D eigenvalue weighted by Gasteiger charge is 2.33. The molecule has 2 aromatic heterocycles. The quantitative estimate of drug-likeness (QED) is 0.366. The van der Waals surface area contributed by atoms with E-state index in [2.05, 4.69) is 43.1 Å². The van der Waals surface area contributed by atoms with Gasteiger partial charge in [0.1, 0.15) is 10.6 Å². The molecule has 5 nitrogen and oxygen atoms in total. The molecule has 2 N–H and O–H groups in total. The van der Waals surface area contributed by atoms with Gasteiger partial charge in [-0.3, -0.25) is 14.3 Å². The summed E-state index contributed by atoms with van der Waals surface area (Å²) in [6, 6.07) is 17.3. The molecule has 6 heteroatoms. The first-order valence-corrected chi connectivity index (χ1v) is 13.0. The Hall–Kier alpha value is -3.38. The lowest BCUT2D eigenvalue weighted by atomic mass is 9.73. The summed E-state index contributed by atoms with van der Waals surface area (Å²) in [4.78, 5) is 31.5. The van der Waals surface area contributed by atoms with E-state index in [1.54, 1.807) is 35.6 Å². The Kier molecular flexibility index (Phi) is 6.48. The van der Waals surface area contributed by atoms with Crippen LogP contribution in [0.3, 0.4) is 0 Å². The van der Waals surface area contributed by atoms with Crippen LogP contribution in [-0.4, -0.2) is 14.7 Å². The van der Waals surface area contributed by atoms with Crippen LogP contribution in [0.5, 0.6) is 5.75 Å². The minimum atomic E-state index is -0.378. The fraction of sp³-hybridized carbons (Fsp3) is 0.310. The molecule has 0 saturated heterocycles. The summed E-state index contributed by atoms with van der Waals surface area (Å²) < 4.78 is 1.29. The van der Waals surface area contributed by atoms with Gasteiger partial charge in [0.15, 0.2) is 0 Å². The summed E-state index contributed by atoms with van der Waals surface area (Å²) in [6.07, 6.45) is 6.56. The normalized spacial score (nSPS) is 17.9. The highest BCUT2D eigenvalue weighted by Crippen LogP contribution is 2.45. The Morgan fingerprint density at radius 2 is 1.86 bits per heavy atom. The molecule has 2 aromatic carbocycles. The average Bonchev–Trinajstić information content (AvgIpc) is 3.21. The van der Waals surface area contributed by atoms with Crippen LogP contribution in [0.1, 0.15) is 47.8 Å². The number of phenols is 1. The molecular formula is C29H30N2O3S. The van der Waals surface area contributed by atoms with Crippen LogP contribution < -0.4 is 11.2 Å². The van der Waals surface area contributed by atoms with E-state index in [9.17, 15) is 14.7 Å². The van der Waals surface area contributed by atoms with Gasteiger partial charge in [-0.1, -0.05) is 68.5 Å². The van der Waals surface area contributed by atoms with Crippen molar-refractivity contribution < 1.29 is 5.11 Å². The molecule has 0 bridgehead atoms. The number of hydrogen-bond donors (Lipinski definition) is 2. The molecule has 0 fully saturated rings. The highest BCUT2D eigenvalue weighted by atomic mass is 32.1. The molecule has 1 aliphatic rings. The fourth-order valence-corrected chi connectivity index (χ4v) is 6.57. The van der Waals surface area contributed by atoms with Crippen molar-refractivity contribution in [1.29, 1.82) is 0 Å². The van der Waals surface area contributed by atoms with Crippen LogP contribution in [0, 0.1) is 11.8 Å². The zero-order valence-electron chi connectivity index (χ0n) is 20.0. The maximum atomic E-state index is 13.7. The zero-order chi connectivity index (χ0) is 24.5. The third-order valence-corrected chi connectivity index (χ3v) is 8.29. The monoisotopic (exact) mass is 486 g/mol. The summed E-state index contributed by atoms with van der Waals surface area (Å²) in [7, 11) is 0. The Labute approximate surface area is 208 Å². The van der Waals surface area contributed by atoms with E-state index in [4.69, 9.17) is 0 Å². The number of nitrogens with one attached hydrogen (secondary N) is 1. The van der Waals surface area contributed by atoms with E-state index in [0.29, 0.717) is 22.1 Å². The van der Waals surface area contributed by atoms with Crippen molar-refractivity contribution in [1.82, 2.24) is 9.55 Å². The summed E-state index contributed by atoms with van der Waals surface area (Å²) in [5.74, 6) is 1.58. The lowest BCUT2D eigenvalue weighted by molar-refractivity contribution is 0.314. The molecule has 35 heavy (non-hydrogen) atoms. The number of aromatic amines is 1. The lowest BCUT2D eigenvalue weighted by Crippen LogP contribution is -2.35. The SMILES string of the molecule is CC(C)C1Cc2sc3[nH]c(=O)n(C/C=C/c4ccc(O)cc4)c(=O)c3c2C(Cc2ccccc2)C1. The van der Waals surface area contributed by atoms with Gasteiger partial charge in [-0.05, 0) is 65.8 Å². The maximum Gasteiger partial charge on any atom is 0.329 e. The van der Waals surface area contributed by atoms with Crippen molar-refractivity contribution in [2.75, 3.05) is 0 Å². The molecule has 1 aliphatic carbocycles. The standard InChI is InChI=1S/C29H30N2O3S/c1-18(2)21-16-22(15-20-7-4-3-5-8-20)25-24(17-21)35-27-26(25)28(33)31(29(34)30-27)14-6-9-19-10-12-23(32)13-11-19/h3-13,18,21-22,32H,14-17H2,1-2H3,(H,30,34)/b9-6+. The number of thiophene rings is 1. The molecular weight excluding hydrogens is 456 g/mol. The first-order chi connectivity index (χ1) is 16.9. The maximum absolute atomic E-state index is 13.7. The second-order valence-electron chi connectivity index (χ2n) is 9.81. The molecule has 0 radical (unpaired) electrons. The number of phenolic OH excluding ortho intramolecular Hbond substituents is 1. The van der Waals surface area contributed by atoms with E-state index in [0.717, 1.165) is 30.4 Å². The Balaban J connectivity index is 1.55. The Morgan fingerprint density at radius 3 is 2.57 bits per heavy atom. The van der Waals surface area contributed by atoms with Gasteiger partial charge in [-0.25, -0.2) is 4.79 Å². The molecule has 0 aliphatic heterocycles. The third-order valence-electron chi connectivity index (χ3n) is 7.15. The fourth-order valence-electron chi connectivity index (χ4n) is 5.21. The number of rotatable bonds is 6. The molecule has 180 valence electrons. The number of H-pyrrole nitrogens is 1. The van der Waals surface area contributed by atoms with Crippen molar-refractivity contribution in [3.63, 3.8) is 0 Å². The lowest BCUT2D eigenvalue weighted by Gasteiger charge is -2.32. The van der Waals surface area contributed by atoms with Gasteiger partial charge < -0.3 is 5.11 Å². The second kappa shape index (κ2) is 9.70. The number of hydrogen-bond acceptors (Lipinski definition) is 4. The summed E-state index contributed by atoms with van der Waals surface area (Å²) in [5, 5.41) is 10.1. The third kappa shape index (κ3) is 4.76. The van der Waals surface area contributed by atoms with E-state index in [1.807, 2.05) is 18.2 Å². The second-order valence-corrected chi connectivity index (χ2v) is 10.9. The van der Waals surface area contributed by atoms with Gasteiger partial charge in [-0.15, -0.1) is 11.3 Å². The number of fused-ring (bicyclic) bond motifs is 3. The van der Waals surface area contributed by atoms with Gasteiger partial charge in [0.05, 0.1) is 5.39 Å². The number of nitrogens with zero attached hydrogens (tertiary/aromatic N) is 1. The molecule has 0 saturated carbocycles. The van der Waals surface area contributed by atoms with E-state index < -0.39 is 0 Å². The molecule has 2 atom stereocenters. The topological polar surface area (TPSA) is 75.1 Å². The van der Waals surface area contributed by atoms with Crippen LogP contribution in [0.2, 0.25) is 0 Å². The molecule has 5 rings (SSSR count). The first-order valence-electron chi connectivity index (χ1n) is 12.2. The summed E-state index contributed by atoms with van der Waals surface area (Å²) >= 11 is 1.58. The number of benzene rings is 2. The van der Waals surface area contributed by atoms with Gasteiger partial charge in [0.25, 0.3) is 5.56 Å². The summed E-state index contributed by atoms with van der Waals surface area (Å²) in [5.41, 5.74) is 2.72. The van der Waals surface area contributed by atoms with Gasteiger partial charge in [-0.2, -0.15) is 0 Å². The van der Waals surface area contributed by atoms with Gasteiger partial charge in [0.2, 0.25) is 0 Å². The van der Waals surface area contributed by atoms with E-state index in [-0.39, 0.29) is 29.5 Å². The minimum absolute atomic E-state index is 0.188. The predicted octanol–water partition coefficient (Wildman–Crippen LogP) is 5.72. The van der Waals surface area contributed by atoms with Gasteiger partial charge in [0, 0.05) is 11.4 Å². The molecule has 0 amide bonds. The average molecular weight is 487 g/mol. The van der Waals surface area contributed by atoms with Crippen molar-refractivity contribution in [3.05, 3.63) is 103 Å². The van der Waals surface area contributed by atoms with Crippen molar-refractivity contribution >= 4 is 27.6 Å². The number of aromatic hydroxyl groups is 1. The predicted molar refractivity (Wildman–Crippen MR) is 143 cm³/mol. The van der Waals surface area contributed by atoms with Crippen LogP contribution in [0.25, 0.3) is 16.3 Å². The molecule has 4 aromatic rings. The molecule has 0 spiro atoms. The van der Waals surface area contributed by atoms with Crippen LogP contribution in [0.4, 0.5) is 0 Å². The first kappa shape index (κ1) is 23.4. The van der Waals surface area contributed by atoms with Gasteiger partial charge >= 0.3 is 5.69 Å². The number of aromatic nitrogens is 2. The Morgan fingerprint density at radius 1 is 1.11 bits per heavy atom. The minimum Gasteiger partial charge on any atom is -0.508 e. The van der Waals surface area contributed by atoms with Crippen molar-refractivity contribution in [3.8, 4) is 5.75 Å². The Bertz CT molecular complexity index is 1480. The molecule has 2 unspecified atom stereocenters. The van der Waals surface area contributed by atoms with Crippen LogP contribution in [-0.2, 0) is 19.4 Å². The highest BCUT2D eigenvalue weighted by molar-refractivity contribution is 7.18. The summed E-state index contributed by atoms with van der Waals surface area (Å²) in [6.45, 7) is 4.74. The van der Waals surface area contributed by atoms with Crippen molar-refractivity contribution in [2.45, 2.75) is 45.6 Å². The zero-order valence-corrected chi connectivity index (χ0v) is 20.8.